The summed E-state index contributed by atoms with van der Waals surface area (Å²) in [7, 11) is 0. The van der Waals surface area contributed by atoms with Gasteiger partial charge in [-0.25, -0.2) is 0 Å². The fourth-order valence-electron chi connectivity index (χ4n) is 2.64. The van der Waals surface area contributed by atoms with Gasteiger partial charge in [-0.15, -0.1) is 0 Å². The van der Waals surface area contributed by atoms with Gasteiger partial charge in [0.05, 0.1) is 0 Å². The molecule has 0 aromatic heterocycles. The summed E-state index contributed by atoms with van der Waals surface area (Å²) in [5.41, 5.74) is 1.49. The second-order valence-electron chi connectivity index (χ2n) is 5.93. The first-order chi connectivity index (χ1) is 9.66. The molecule has 0 saturated heterocycles. The molecule has 4 nitrogen and oxygen atoms in total. The van der Waals surface area contributed by atoms with Crippen LogP contribution >= 0.6 is 0 Å². The lowest BCUT2D eigenvalue weighted by Crippen LogP contribution is -2.38. The minimum Gasteiger partial charge on any atom is -0.354 e. The molecule has 0 atom stereocenters. The van der Waals surface area contributed by atoms with Crippen LogP contribution < -0.4 is 5.32 Å². The van der Waals surface area contributed by atoms with Crippen LogP contribution in [0.3, 0.4) is 0 Å². The van der Waals surface area contributed by atoms with Gasteiger partial charge in [-0.3, -0.25) is 9.59 Å². The van der Waals surface area contributed by atoms with Gasteiger partial charge in [0.1, 0.15) is 0 Å². The Labute approximate surface area is 121 Å². The van der Waals surface area contributed by atoms with Crippen LogP contribution in [0.5, 0.6) is 0 Å². The van der Waals surface area contributed by atoms with Gasteiger partial charge in [-0.1, -0.05) is 11.6 Å². The summed E-state index contributed by atoms with van der Waals surface area (Å²) in [5, 5.41) is 2.92. The van der Waals surface area contributed by atoms with Gasteiger partial charge in [-0.05, 0) is 44.9 Å². The summed E-state index contributed by atoms with van der Waals surface area (Å²) in [4.78, 5) is 25.0. The van der Waals surface area contributed by atoms with Crippen LogP contribution in [-0.2, 0) is 9.59 Å². The van der Waals surface area contributed by atoms with E-state index in [4.69, 9.17) is 0 Å². The first-order valence-electron chi connectivity index (χ1n) is 7.88. The lowest BCUT2D eigenvalue weighted by molar-refractivity contribution is -0.129. The van der Waals surface area contributed by atoms with Crippen molar-refractivity contribution in [3.05, 3.63) is 11.6 Å². The van der Waals surface area contributed by atoms with Crippen LogP contribution in [0.2, 0.25) is 0 Å². The van der Waals surface area contributed by atoms with Crippen molar-refractivity contribution in [3.63, 3.8) is 0 Å². The lowest BCUT2D eigenvalue weighted by atomic mass is 9.97. The normalized spacial score (nSPS) is 18.4. The Hall–Kier alpha value is -1.32. The maximum absolute atomic E-state index is 11.6. The minimum atomic E-state index is 0.0991. The highest BCUT2D eigenvalue weighted by Crippen LogP contribution is 2.28. The van der Waals surface area contributed by atoms with E-state index in [1.807, 2.05) is 4.90 Å². The van der Waals surface area contributed by atoms with Gasteiger partial charge in [-0.2, -0.15) is 0 Å². The van der Waals surface area contributed by atoms with E-state index in [1.165, 1.54) is 31.3 Å². The first kappa shape index (κ1) is 15.1. The molecule has 20 heavy (non-hydrogen) atoms. The number of hydrogen-bond acceptors (Lipinski definition) is 2. The Morgan fingerprint density at radius 3 is 2.70 bits per heavy atom. The number of allylic oxidation sites excluding steroid dienone is 1. The molecule has 0 bridgehead atoms. The number of carbonyl (C=O) groups is 2. The Bertz CT molecular complexity index is 386. The molecule has 2 rings (SSSR count). The second-order valence-corrected chi connectivity index (χ2v) is 5.93. The van der Waals surface area contributed by atoms with Crippen LogP contribution in [-0.4, -0.2) is 36.3 Å². The van der Waals surface area contributed by atoms with E-state index in [0.717, 1.165) is 25.8 Å². The molecule has 1 saturated carbocycles. The van der Waals surface area contributed by atoms with E-state index >= 15 is 0 Å². The summed E-state index contributed by atoms with van der Waals surface area (Å²) in [6.07, 6.45) is 10.3. The van der Waals surface area contributed by atoms with E-state index in [9.17, 15) is 9.59 Å². The lowest BCUT2D eigenvalue weighted by Gasteiger charge is -2.23. The average molecular weight is 278 g/mol. The predicted octanol–water partition coefficient (Wildman–Crippen LogP) is 2.25. The number of rotatable bonds is 7. The fourth-order valence-corrected chi connectivity index (χ4v) is 2.64. The van der Waals surface area contributed by atoms with Crippen molar-refractivity contribution in [1.82, 2.24) is 10.2 Å². The molecular formula is C16H26N2O2. The van der Waals surface area contributed by atoms with Crippen molar-refractivity contribution in [1.29, 1.82) is 0 Å². The highest BCUT2D eigenvalue weighted by molar-refractivity contribution is 5.80. The van der Waals surface area contributed by atoms with Crippen LogP contribution in [0.4, 0.5) is 0 Å². The molecule has 2 aliphatic rings. The van der Waals surface area contributed by atoms with Crippen LogP contribution in [0.15, 0.2) is 11.6 Å². The molecule has 0 unspecified atom stereocenters. The molecule has 2 amide bonds. The summed E-state index contributed by atoms with van der Waals surface area (Å²) in [5.74, 6) is 0.499. The second kappa shape index (κ2) is 7.46. The van der Waals surface area contributed by atoms with Crippen molar-refractivity contribution < 1.29 is 9.59 Å². The smallest absolute Gasteiger partial charge is 0.223 e. The summed E-state index contributed by atoms with van der Waals surface area (Å²) in [6.45, 7) is 3.59. The zero-order valence-electron chi connectivity index (χ0n) is 12.5. The average Bonchev–Trinajstić information content (AvgIpc) is 3.27. The molecule has 0 aromatic carbocycles. The number of hydrogen-bond donors (Lipinski definition) is 1. The maximum atomic E-state index is 11.6. The molecule has 2 aliphatic carbocycles. The number of nitrogens with zero attached hydrogens (tertiary/aromatic N) is 1. The third kappa shape index (κ3) is 4.99. The minimum absolute atomic E-state index is 0.0991. The Balaban J connectivity index is 1.67. The van der Waals surface area contributed by atoms with E-state index < -0.39 is 0 Å². The van der Waals surface area contributed by atoms with Crippen molar-refractivity contribution in [2.75, 3.05) is 19.6 Å². The number of nitrogens with one attached hydrogen (secondary N) is 1. The molecule has 1 N–H and O–H groups in total. The fraction of sp³-hybridized carbons (Fsp3) is 0.750. The molecule has 4 heteroatoms. The van der Waals surface area contributed by atoms with Gasteiger partial charge in [0, 0.05) is 32.5 Å². The van der Waals surface area contributed by atoms with Crippen molar-refractivity contribution >= 4 is 11.8 Å². The summed E-state index contributed by atoms with van der Waals surface area (Å²) >= 11 is 0. The molecule has 112 valence electrons. The van der Waals surface area contributed by atoms with Gasteiger partial charge in [0.2, 0.25) is 11.8 Å². The van der Waals surface area contributed by atoms with E-state index in [0.29, 0.717) is 13.1 Å². The quantitative estimate of drug-likeness (QED) is 0.726. The van der Waals surface area contributed by atoms with Crippen molar-refractivity contribution in [3.8, 4) is 0 Å². The highest BCUT2D eigenvalue weighted by atomic mass is 16.2. The van der Waals surface area contributed by atoms with Gasteiger partial charge in [0.25, 0.3) is 0 Å². The van der Waals surface area contributed by atoms with Gasteiger partial charge >= 0.3 is 0 Å². The Morgan fingerprint density at radius 2 is 2.10 bits per heavy atom. The molecule has 1 fully saturated rings. The van der Waals surface area contributed by atoms with Crippen LogP contribution in [0.25, 0.3) is 0 Å². The van der Waals surface area contributed by atoms with Gasteiger partial charge < -0.3 is 10.2 Å². The monoisotopic (exact) mass is 278 g/mol. The Kier molecular flexibility index (Phi) is 5.62. The van der Waals surface area contributed by atoms with Crippen LogP contribution in [0, 0.1) is 5.92 Å². The molecule has 0 radical (unpaired) electrons. The molecular weight excluding hydrogens is 252 g/mol. The van der Waals surface area contributed by atoms with Crippen molar-refractivity contribution in [2.24, 2.45) is 5.92 Å². The number of carbonyl (C=O) groups excluding carboxylic acids is 2. The zero-order valence-corrected chi connectivity index (χ0v) is 12.5. The topological polar surface area (TPSA) is 49.4 Å². The predicted molar refractivity (Wildman–Crippen MR) is 79.2 cm³/mol. The summed E-state index contributed by atoms with van der Waals surface area (Å²) in [6, 6.07) is 0. The molecule has 0 aromatic rings. The molecule has 0 aliphatic heterocycles. The van der Waals surface area contributed by atoms with Crippen molar-refractivity contribution in [2.45, 2.75) is 51.9 Å². The zero-order chi connectivity index (χ0) is 14.4. The van der Waals surface area contributed by atoms with E-state index in [1.54, 1.807) is 6.92 Å². The van der Waals surface area contributed by atoms with E-state index in [-0.39, 0.29) is 17.7 Å². The third-order valence-electron chi connectivity index (χ3n) is 4.16. The molecule has 0 heterocycles. The Morgan fingerprint density at radius 1 is 1.30 bits per heavy atom. The third-order valence-corrected chi connectivity index (χ3v) is 4.16. The molecule has 0 spiro atoms. The summed E-state index contributed by atoms with van der Waals surface area (Å²) < 4.78 is 0. The largest absolute Gasteiger partial charge is 0.354 e. The van der Waals surface area contributed by atoms with E-state index in [2.05, 4.69) is 11.4 Å². The number of amides is 2. The SMILES string of the molecule is CC(=O)N(CCNC(=O)C1CC1)CCC1=CCCCC1. The van der Waals surface area contributed by atoms with Gasteiger partial charge in [0.15, 0.2) is 0 Å². The standard InChI is InChI=1S/C16H26N2O2/c1-13(19)18(11-9-14-5-3-2-4-6-14)12-10-17-16(20)15-7-8-15/h5,15H,2-4,6-12H2,1H3,(H,17,20). The maximum Gasteiger partial charge on any atom is 0.223 e. The van der Waals surface area contributed by atoms with Crippen LogP contribution in [0.1, 0.15) is 51.9 Å². The highest BCUT2D eigenvalue weighted by Gasteiger charge is 2.29. The first-order valence-corrected chi connectivity index (χ1v) is 7.88.